The average Bonchev–Trinajstić information content (AvgIpc) is 2.07. The Bertz CT molecular complexity index is 140. The lowest BCUT2D eigenvalue weighted by Gasteiger charge is -2.40. The van der Waals surface area contributed by atoms with Gasteiger partial charge in [0.2, 0.25) is 0 Å². The Kier molecular flexibility index (Phi) is 3.17. The highest BCUT2D eigenvalue weighted by Gasteiger charge is 2.35. The van der Waals surface area contributed by atoms with E-state index in [0.29, 0.717) is 0 Å². The van der Waals surface area contributed by atoms with Crippen molar-refractivity contribution >= 4 is 31.9 Å². The second-order valence-electron chi connectivity index (χ2n) is 4.31. The molecule has 2 aliphatic carbocycles. The van der Waals surface area contributed by atoms with Gasteiger partial charge in [-0.15, -0.1) is 0 Å². The van der Waals surface area contributed by atoms with Gasteiger partial charge < -0.3 is 0 Å². The molecule has 70 valence electrons. The molecule has 0 saturated heterocycles. The summed E-state index contributed by atoms with van der Waals surface area (Å²) >= 11 is 7.54. The monoisotopic (exact) mass is 294 g/mol. The van der Waals surface area contributed by atoms with Crippen molar-refractivity contribution < 1.29 is 0 Å². The zero-order valence-corrected chi connectivity index (χ0v) is 10.5. The quantitative estimate of drug-likeness (QED) is 0.590. The molecule has 0 radical (unpaired) electrons. The van der Waals surface area contributed by atoms with Crippen molar-refractivity contribution in [2.24, 2.45) is 11.8 Å². The van der Waals surface area contributed by atoms with Crippen molar-refractivity contribution in [3.8, 4) is 0 Å². The largest absolute Gasteiger partial charge is 0.0878 e. The highest BCUT2D eigenvalue weighted by Crippen LogP contribution is 2.44. The van der Waals surface area contributed by atoms with Crippen LogP contribution in [0.15, 0.2) is 0 Å². The van der Waals surface area contributed by atoms with E-state index in [1.807, 2.05) is 0 Å². The number of hydrogen-bond acceptors (Lipinski definition) is 0. The van der Waals surface area contributed by atoms with Crippen LogP contribution in [0.5, 0.6) is 0 Å². The fourth-order valence-corrected chi connectivity index (χ4v) is 4.17. The van der Waals surface area contributed by atoms with Crippen LogP contribution in [0.1, 0.15) is 38.5 Å². The average molecular weight is 296 g/mol. The maximum Gasteiger partial charge on any atom is 0.0273 e. The molecule has 2 saturated carbocycles. The van der Waals surface area contributed by atoms with Crippen LogP contribution in [-0.4, -0.2) is 9.65 Å². The summed E-state index contributed by atoms with van der Waals surface area (Å²) in [5, 5.41) is 0. The van der Waals surface area contributed by atoms with E-state index in [4.69, 9.17) is 0 Å². The lowest BCUT2D eigenvalue weighted by atomic mass is 9.71. The summed E-state index contributed by atoms with van der Waals surface area (Å²) in [6.07, 6.45) is 8.75. The van der Waals surface area contributed by atoms with Crippen LogP contribution in [0.2, 0.25) is 0 Å². The van der Waals surface area contributed by atoms with E-state index in [1.165, 1.54) is 38.5 Å². The summed E-state index contributed by atoms with van der Waals surface area (Å²) in [6.45, 7) is 0. The van der Waals surface area contributed by atoms with Crippen LogP contribution < -0.4 is 0 Å². The normalized spacial score (nSPS) is 48.5. The minimum absolute atomic E-state index is 0.733. The van der Waals surface area contributed by atoms with Crippen molar-refractivity contribution in [3.05, 3.63) is 0 Å². The van der Waals surface area contributed by atoms with E-state index in [-0.39, 0.29) is 0 Å². The van der Waals surface area contributed by atoms with Crippen molar-refractivity contribution in [3.63, 3.8) is 0 Å². The van der Waals surface area contributed by atoms with Crippen molar-refractivity contribution in [2.45, 2.75) is 48.2 Å². The lowest BCUT2D eigenvalue weighted by molar-refractivity contribution is 0.181. The van der Waals surface area contributed by atoms with Gasteiger partial charge in [-0.2, -0.15) is 0 Å². The van der Waals surface area contributed by atoms with Crippen LogP contribution in [0.3, 0.4) is 0 Å². The molecule has 2 fully saturated rings. The van der Waals surface area contributed by atoms with E-state index in [9.17, 15) is 0 Å². The Morgan fingerprint density at radius 2 is 1.17 bits per heavy atom. The Morgan fingerprint density at radius 1 is 0.750 bits per heavy atom. The van der Waals surface area contributed by atoms with E-state index in [0.717, 1.165) is 21.5 Å². The van der Waals surface area contributed by atoms with E-state index < -0.39 is 0 Å². The first kappa shape index (κ1) is 9.51. The van der Waals surface area contributed by atoms with Gasteiger partial charge in [0, 0.05) is 9.65 Å². The SMILES string of the molecule is Br[C@@H]1C[C@H]2CCCC[C@@H]2C[C@H]1Br. The van der Waals surface area contributed by atoms with Gasteiger partial charge in [0.1, 0.15) is 0 Å². The summed E-state index contributed by atoms with van der Waals surface area (Å²) in [5.74, 6) is 2.08. The third kappa shape index (κ3) is 1.89. The molecule has 0 aliphatic heterocycles. The summed E-state index contributed by atoms with van der Waals surface area (Å²) < 4.78 is 0. The topological polar surface area (TPSA) is 0 Å². The summed E-state index contributed by atoms with van der Waals surface area (Å²) in [6, 6.07) is 0. The third-order valence-corrected chi connectivity index (χ3v) is 6.25. The van der Waals surface area contributed by atoms with Crippen molar-refractivity contribution in [1.82, 2.24) is 0 Å². The highest BCUT2D eigenvalue weighted by molar-refractivity contribution is 9.12. The molecule has 0 aromatic rings. The molecule has 0 aromatic heterocycles. The first-order chi connectivity index (χ1) is 5.77. The van der Waals surface area contributed by atoms with Crippen LogP contribution >= 0.6 is 31.9 Å². The molecule has 2 aliphatic rings. The number of halogens is 2. The lowest BCUT2D eigenvalue weighted by Crippen LogP contribution is -2.34. The van der Waals surface area contributed by atoms with Crippen LogP contribution in [-0.2, 0) is 0 Å². The molecular formula is C10H16Br2. The molecule has 0 amide bonds. The maximum absolute atomic E-state index is 3.77. The third-order valence-electron chi connectivity index (χ3n) is 3.51. The standard InChI is InChI=1S/C10H16Br2/c11-9-5-7-3-1-2-4-8(7)6-10(9)12/h7-10H,1-6H2/t7-,8-,9-,10-/m1/s1. The molecule has 12 heavy (non-hydrogen) atoms. The second kappa shape index (κ2) is 4.00. The van der Waals surface area contributed by atoms with Gasteiger partial charge >= 0.3 is 0 Å². The number of fused-ring (bicyclic) bond motifs is 1. The second-order valence-corrected chi connectivity index (χ2v) is 6.66. The molecule has 0 heterocycles. The Labute approximate surface area is 91.7 Å². The molecule has 0 spiro atoms. The van der Waals surface area contributed by atoms with Gasteiger partial charge in [-0.25, -0.2) is 0 Å². The summed E-state index contributed by atoms with van der Waals surface area (Å²) in [4.78, 5) is 1.47. The van der Waals surface area contributed by atoms with Gasteiger partial charge in [-0.05, 0) is 24.7 Å². The summed E-state index contributed by atoms with van der Waals surface area (Å²) in [7, 11) is 0. The van der Waals surface area contributed by atoms with Gasteiger partial charge in [0.15, 0.2) is 0 Å². The zero-order chi connectivity index (χ0) is 8.55. The number of hydrogen-bond donors (Lipinski definition) is 0. The fraction of sp³-hybridized carbons (Fsp3) is 1.00. The molecule has 0 bridgehead atoms. The van der Waals surface area contributed by atoms with Crippen molar-refractivity contribution in [1.29, 1.82) is 0 Å². The van der Waals surface area contributed by atoms with E-state index in [1.54, 1.807) is 0 Å². The molecular weight excluding hydrogens is 280 g/mol. The van der Waals surface area contributed by atoms with E-state index in [2.05, 4.69) is 31.9 Å². The Hall–Kier alpha value is 0.960. The number of rotatable bonds is 0. The molecule has 0 aromatic carbocycles. The summed E-state index contributed by atoms with van der Waals surface area (Å²) in [5.41, 5.74) is 0. The molecule has 4 atom stereocenters. The molecule has 2 heteroatoms. The first-order valence-electron chi connectivity index (χ1n) is 5.05. The highest BCUT2D eigenvalue weighted by atomic mass is 79.9. The van der Waals surface area contributed by atoms with E-state index >= 15 is 0 Å². The number of alkyl halides is 2. The van der Waals surface area contributed by atoms with Crippen LogP contribution in [0, 0.1) is 11.8 Å². The minimum Gasteiger partial charge on any atom is -0.0878 e. The fourth-order valence-electron chi connectivity index (χ4n) is 2.78. The molecule has 0 unspecified atom stereocenters. The van der Waals surface area contributed by atoms with Gasteiger partial charge in [-0.1, -0.05) is 57.5 Å². The van der Waals surface area contributed by atoms with Crippen LogP contribution in [0.25, 0.3) is 0 Å². The predicted molar refractivity (Wildman–Crippen MR) is 60.1 cm³/mol. The smallest absolute Gasteiger partial charge is 0.0273 e. The van der Waals surface area contributed by atoms with Crippen LogP contribution in [0.4, 0.5) is 0 Å². The van der Waals surface area contributed by atoms with Crippen molar-refractivity contribution in [2.75, 3.05) is 0 Å². The molecule has 2 rings (SSSR count). The predicted octanol–water partition coefficient (Wildman–Crippen LogP) is 4.11. The maximum atomic E-state index is 3.77. The molecule has 0 nitrogen and oxygen atoms in total. The van der Waals surface area contributed by atoms with Gasteiger partial charge in [0.05, 0.1) is 0 Å². The first-order valence-corrected chi connectivity index (χ1v) is 6.88. The Morgan fingerprint density at radius 3 is 1.58 bits per heavy atom. The molecule has 0 N–H and O–H groups in total. The Balaban J connectivity index is 1.98. The zero-order valence-electron chi connectivity index (χ0n) is 7.31. The van der Waals surface area contributed by atoms with Gasteiger partial charge in [0.25, 0.3) is 0 Å². The minimum atomic E-state index is 0.733. The van der Waals surface area contributed by atoms with Gasteiger partial charge in [-0.3, -0.25) is 0 Å².